The number of rotatable bonds is 11. The van der Waals surface area contributed by atoms with E-state index < -0.39 is 59.3 Å². The van der Waals surface area contributed by atoms with Crippen LogP contribution in [0.25, 0.3) is 0 Å². The van der Waals surface area contributed by atoms with Crippen LogP contribution in [0.5, 0.6) is 0 Å². The number of ether oxygens (including phenoxy) is 2. The summed E-state index contributed by atoms with van der Waals surface area (Å²) in [6.07, 6.45) is 0. The van der Waals surface area contributed by atoms with Gasteiger partial charge >= 0.3 is 24.0 Å². The maximum absolute atomic E-state index is 12.7. The van der Waals surface area contributed by atoms with Gasteiger partial charge in [-0.15, -0.1) is 0 Å². The summed E-state index contributed by atoms with van der Waals surface area (Å²) in [5.74, 6) is -3.64. The lowest BCUT2D eigenvalue weighted by molar-refractivity contribution is -0.170. The van der Waals surface area contributed by atoms with Crippen LogP contribution in [0.2, 0.25) is 0 Å². The normalized spacial score (nSPS) is 23.4. The van der Waals surface area contributed by atoms with Crippen molar-refractivity contribution in [1.29, 1.82) is 0 Å². The van der Waals surface area contributed by atoms with Crippen LogP contribution in [-0.4, -0.2) is 59.4 Å². The van der Waals surface area contributed by atoms with Gasteiger partial charge in [0.2, 0.25) is 0 Å². The summed E-state index contributed by atoms with van der Waals surface area (Å²) in [5.41, 5.74) is 8.23. The summed E-state index contributed by atoms with van der Waals surface area (Å²) in [5, 5.41) is 8.76. The van der Waals surface area contributed by atoms with Crippen molar-refractivity contribution in [2.24, 2.45) is 11.5 Å². The van der Waals surface area contributed by atoms with Gasteiger partial charge in [0, 0.05) is 22.6 Å². The first-order valence-corrected chi connectivity index (χ1v) is 14.2. The highest BCUT2D eigenvalue weighted by Gasteiger charge is 2.53. The Morgan fingerprint density at radius 2 is 1.02 bits per heavy atom. The lowest BCUT2D eigenvalue weighted by Crippen LogP contribution is -2.51. The first-order chi connectivity index (χ1) is 19.1. The summed E-state index contributed by atoms with van der Waals surface area (Å²) in [6, 6.07) is 11.8. The third-order valence-corrected chi connectivity index (χ3v) is 8.20. The zero-order valence-electron chi connectivity index (χ0n) is 20.6. The molecule has 4 rings (SSSR count). The fourth-order valence-electron chi connectivity index (χ4n) is 3.72. The monoisotopic (exact) mass is 588 g/mol. The number of amides is 6. The number of urea groups is 2. The van der Waals surface area contributed by atoms with Crippen molar-refractivity contribution >= 4 is 57.4 Å². The van der Waals surface area contributed by atoms with Crippen molar-refractivity contribution in [3.63, 3.8) is 0 Å². The van der Waals surface area contributed by atoms with Crippen molar-refractivity contribution < 1.29 is 38.2 Å². The summed E-state index contributed by atoms with van der Waals surface area (Å²) in [4.78, 5) is 74.1. The highest BCUT2D eigenvalue weighted by Crippen LogP contribution is 2.30. The number of hydrogen-bond acceptors (Lipinski definition) is 12. The van der Waals surface area contributed by atoms with Crippen LogP contribution in [0, 0.1) is 0 Å². The minimum Gasteiger partial charge on any atom is -0.423 e. The Bertz CT molecular complexity index is 1230. The van der Waals surface area contributed by atoms with Crippen molar-refractivity contribution in [1.82, 2.24) is 21.3 Å². The molecule has 210 valence electrons. The molecule has 2 fully saturated rings. The lowest BCUT2D eigenvalue weighted by atomic mass is 10.0. The lowest BCUT2D eigenvalue weighted by Gasteiger charge is -2.27. The van der Waals surface area contributed by atoms with E-state index in [1.165, 1.54) is 24.3 Å². The average molecular weight is 589 g/mol. The highest BCUT2D eigenvalue weighted by atomic mass is 33.1. The number of carbonyl (C=O) groups is 6. The maximum Gasteiger partial charge on any atom is 0.326 e. The van der Waals surface area contributed by atoms with Crippen molar-refractivity contribution in [2.75, 3.05) is 11.5 Å². The molecule has 2 saturated heterocycles. The van der Waals surface area contributed by atoms with Crippen LogP contribution >= 0.6 is 21.6 Å². The van der Waals surface area contributed by atoms with Crippen LogP contribution in [0.15, 0.2) is 60.7 Å². The summed E-state index contributed by atoms with van der Waals surface area (Å²) >= 11 is 0. The molecule has 2 aromatic rings. The number of esters is 2. The molecule has 2 unspecified atom stereocenters. The average Bonchev–Trinajstić information content (AvgIpc) is 3.40. The zero-order valence-corrected chi connectivity index (χ0v) is 22.2. The van der Waals surface area contributed by atoms with Gasteiger partial charge in [0.05, 0.1) is 0 Å². The molecule has 2 heterocycles. The van der Waals surface area contributed by atoms with Crippen LogP contribution in [-0.2, 0) is 40.1 Å². The second-order valence-electron chi connectivity index (χ2n) is 8.54. The summed E-state index contributed by atoms with van der Waals surface area (Å²) in [7, 11) is 2.19. The Labute approximate surface area is 235 Å². The third kappa shape index (κ3) is 5.89. The van der Waals surface area contributed by atoms with E-state index in [2.05, 4.69) is 10.6 Å². The van der Waals surface area contributed by atoms with Gasteiger partial charge in [0.1, 0.15) is 12.1 Å². The van der Waals surface area contributed by atoms with Crippen molar-refractivity contribution in [2.45, 2.75) is 23.5 Å². The largest absolute Gasteiger partial charge is 0.423 e. The van der Waals surface area contributed by atoms with E-state index in [1.807, 2.05) is 10.6 Å². The topological polar surface area (TPSA) is 221 Å². The first kappa shape index (κ1) is 28.9. The van der Waals surface area contributed by atoms with Crippen molar-refractivity contribution in [3.05, 3.63) is 71.8 Å². The van der Waals surface area contributed by atoms with Crippen LogP contribution < -0.4 is 32.7 Å². The molecule has 0 spiro atoms. The van der Waals surface area contributed by atoms with Gasteiger partial charge < -0.3 is 20.9 Å². The van der Waals surface area contributed by atoms with Gasteiger partial charge in [0.25, 0.3) is 23.3 Å². The zero-order chi connectivity index (χ0) is 28.9. The fourth-order valence-corrected chi connectivity index (χ4v) is 5.94. The minimum absolute atomic E-state index is 0.00187. The van der Waals surface area contributed by atoms with Crippen LogP contribution in [0.4, 0.5) is 9.59 Å². The Hall–Kier alpha value is -4.12. The maximum atomic E-state index is 12.7. The number of carbonyl (C=O) groups excluding carboxylic acids is 6. The first-order valence-electron chi connectivity index (χ1n) is 11.7. The SMILES string of the molecule is N[C@@H](CSSC[C@H](N)C(=O)OC1(c2ccccc2)NC(=O)NC1=O)C(=O)OC1(c2ccccc2)NC(=O)NC1=O. The number of nitrogens with two attached hydrogens (primary N) is 2. The van der Waals surface area contributed by atoms with Crippen LogP contribution in [0.3, 0.4) is 0 Å². The standard InChI is InChI=1S/C24H24N6O8S2/c25-15(17(31)37-23(13-7-3-1-4-8-13)19(33)27-21(35)29-23)11-39-40-12-16(26)18(32)38-24(14-9-5-2-6-10-14)20(34)28-22(36)30-24/h1-10,15-16H,11-12,25-26H2,(H2,27,29,33,35)(H2,28,30,34,36)/t15-,16-,23?,24?/m0/s1. The predicted molar refractivity (Wildman–Crippen MR) is 143 cm³/mol. The quantitative estimate of drug-likeness (QED) is 0.0846. The summed E-state index contributed by atoms with van der Waals surface area (Å²) in [6.45, 7) is 0. The second-order valence-corrected chi connectivity index (χ2v) is 11.1. The van der Waals surface area contributed by atoms with E-state index in [1.54, 1.807) is 36.4 Å². The van der Waals surface area contributed by atoms with Crippen molar-refractivity contribution in [3.8, 4) is 0 Å². The molecule has 14 nitrogen and oxygen atoms in total. The van der Waals surface area contributed by atoms with Gasteiger partial charge in [-0.3, -0.25) is 40.4 Å². The van der Waals surface area contributed by atoms with E-state index in [4.69, 9.17) is 20.9 Å². The van der Waals surface area contributed by atoms with Gasteiger partial charge in [0.15, 0.2) is 0 Å². The van der Waals surface area contributed by atoms with E-state index in [-0.39, 0.29) is 22.6 Å². The van der Waals surface area contributed by atoms with Gasteiger partial charge in [-0.25, -0.2) is 9.59 Å². The number of benzene rings is 2. The highest BCUT2D eigenvalue weighted by molar-refractivity contribution is 8.76. The molecule has 2 aliphatic rings. The Balaban J connectivity index is 1.30. The minimum atomic E-state index is -2.06. The molecule has 8 N–H and O–H groups in total. The Morgan fingerprint density at radius 3 is 1.32 bits per heavy atom. The Kier molecular flexibility index (Phi) is 8.63. The molecule has 6 amide bonds. The third-order valence-electron chi connectivity index (χ3n) is 5.72. The van der Waals surface area contributed by atoms with Gasteiger partial charge in [-0.1, -0.05) is 82.3 Å². The number of hydrogen-bond donors (Lipinski definition) is 6. The molecule has 0 saturated carbocycles. The molecule has 0 radical (unpaired) electrons. The fraction of sp³-hybridized carbons (Fsp3) is 0.250. The Morgan fingerprint density at radius 1 is 0.675 bits per heavy atom. The van der Waals surface area contributed by atoms with E-state index in [0.29, 0.717) is 0 Å². The predicted octanol–water partition coefficient (Wildman–Crippen LogP) is -0.506. The molecule has 0 aromatic heterocycles. The molecular weight excluding hydrogens is 564 g/mol. The number of imide groups is 2. The van der Waals surface area contributed by atoms with E-state index in [9.17, 15) is 28.8 Å². The molecule has 16 heteroatoms. The van der Waals surface area contributed by atoms with Crippen LogP contribution in [0.1, 0.15) is 11.1 Å². The molecule has 0 aliphatic carbocycles. The summed E-state index contributed by atoms with van der Waals surface area (Å²) < 4.78 is 10.8. The molecule has 0 bridgehead atoms. The van der Waals surface area contributed by atoms with Gasteiger partial charge in [-0.05, 0) is 0 Å². The smallest absolute Gasteiger partial charge is 0.326 e. The van der Waals surface area contributed by atoms with Gasteiger partial charge in [-0.2, -0.15) is 0 Å². The molecule has 40 heavy (non-hydrogen) atoms. The van der Waals surface area contributed by atoms with E-state index in [0.717, 1.165) is 21.6 Å². The molecule has 2 aliphatic heterocycles. The number of nitrogens with one attached hydrogen (secondary N) is 4. The molecule has 4 atom stereocenters. The molecule has 2 aromatic carbocycles. The second kappa shape index (κ2) is 12.0. The van der Waals surface area contributed by atoms with E-state index >= 15 is 0 Å². The molecular formula is C24H24N6O8S2.